The van der Waals surface area contributed by atoms with E-state index in [0.717, 1.165) is 11.3 Å². The van der Waals surface area contributed by atoms with E-state index in [-0.39, 0.29) is 6.10 Å². The number of thiophene rings is 1. The lowest BCUT2D eigenvalue weighted by Gasteiger charge is -2.21. The van der Waals surface area contributed by atoms with Crippen LogP contribution in [0, 0.1) is 0 Å². The molecule has 24 heavy (non-hydrogen) atoms. The van der Waals surface area contributed by atoms with Crippen molar-refractivity contribution in [1.29, 1.82) is 0 Å². The third-order valence-corrected chi connectivity index (χ3v) is 6.90. The number of hydrogen-bond acceptors (Lipinski definition) is 6. The van der Waals surface area contributed by atoms with Crippen LogP contribution in [0.15, 0.2) is 39.9 Å². The molecule has 0 amide bonds. The lowest BCUT2D eigenvalue weighted by atomic mass is 10.1. The largest absolute Gasteiger partial charge is 0.487 e. The maximum Gasteiger partial charge on any atom is 0.273 e. The molecule has 1 N–H and O–H groups in total. The highest BCUT2D eigenvalue weighted by Gasteiger charge is 2.23. The molecule has 0 aliphatic carbocycles. The summed E-state index contributed by atoms with van der Waals surface area (Å²) in [7, 11) is -0.158. The van der Waals surface area contributed by atoms with Gasteiger partial charge in [-0.25, -0.2) is 8.42 Å². The number of nitrogens with one attached hydrogen (secondary N) is 1. The van der Waals surface area contributed by atoms with Gasteiger partial charge in [-0.15, -0.1) is 11.3 Å². The van der Waals surface area contributed by atoms with Crippen LogP contribution in [-0.4, -0.2) is 34.2 Å². The normalized spacial score (nSPS) is 12.5. The fourth-order valence-electron chi connectivity index (χ4n) is 2.33. The van der Waals surface area contributed by atoms with E-state index >= 15 is 0 Å². The lowest BCUT2D eigenvalue weighted by Crippen LogP contribution is -2.26. The van der Waals surface area contributed by atoms with Gasteiger partial charge in [-0.1, -0.05) is 6.07 Å². The first-order chi connectivity index (χ1) is 11.4. The molecule has 1 heterocycles. The highest BCUT2D eigenvalue weighted by Crippen LogP contribution is 2.29. The Hall–Kier alpha value is -1.64. The summed E-state index contributed by atoms with van der Waals surface area (Å²) in [5.74, 6) is 0. The molecule has 8 heteroatoms. The molecule has 1 aromatic heterocycles. The first-order valence-electron chi connectivity index (χ1n) is 7.32. The molecule has 130 valence electrons. The van der Waals surface area contributed by atoms with Crippen molar-refractivity contribution in [2.24, 2.45) is 0 Å². The number of ether oxygens (including phenoxy) is 1. The number of thiocarbonyl (C=S) groups is 1. The van der Waals surface area contributed by atoms with Gasteiger partial charge in [-0.2, -0.15) is 0 Å². The molecule has 1 atom stereocenters. The summed E-state index contributed by atoms with van der Waals surface area (Å²) in [4.78, 5) is 0. The van der Waals surface area contributed by atoms with E-state index in [1.807, 2.05) is 26.1 Å². The molecule has 1 unspecified atom stereocenters. The predicted molar refractivity (Wildman–Crippen MR) is 104 cm³/mol. The van der Waals surface area contributed by atoms with Crippen LogP contribution < -0.4 is 9.62 Å². The number of sulfonamides is 1. The Labute approximate surface area is 152 Å². The van der Waals surface area contributed by atoms with E-state index in [4.69, 9.17) is 17.0 Å². The second-order valence-corrected chi connectivity index (χ2v) is 8.58. The van der Waals surface area contributed by atoms with Gasteiger partial charge in [0.15, 0.2) is 0 Å². The fourth-order valence-corrected chi connectivity index (χ4v) is 4.86. The Bertz CT molecular complexity index is 789. The molecular weight excluding hydrogens is 364 g/mol. The summed E-state index contributed by atoms with van der Waals surface area (Å²) in [6.07, 6.45) is 0.522. The lowest BCUT2D eigenvalue weighted by molar-refractivity contribution is 0.226. The van der Waals surface area contributed by atoms with E-state index < -0.39 is 10.0 Å². The van der Waals surface area contributed by atoms with Gasteiger partial charge in [0.2, 0.25) is 0 Å². The highest BCUT2D eigenvalue weighted by molar-refractivity contribution is 7.94. The fraction of sp³-hybridized carbons (Fsp3) is 0.312. The molecule has 1 aromatic carbocycles. The minimum Gasteiger partial charge on any atom is -0.487 e. The van der Waals surface area contributed by atoms with Gasteiger partial charge in [0, 0.05) is 26.2 Å². The van der Waals surface area contributed by atoms with Crippen LogP contribution in [-0.2, 0) is 21.2 Å². The van der Waals surface area contributed by atoms with Crippen molar-refractivity contribution < 1.29 is 13.2 Å². The maximum atomic E-state index is 12.7. The molecule has 0 spiro atoms. The second kappa shape index (κ2) is 7.96. The topological polar surface area (TPSA) is 58.6 Å². The molecule has 0 fully saturated rings. The minimum atomic E-state index is -3.55. The average molecular weight is 385 g/mol. The maximum absolute atomic E-state index is 12.7. The molecule has 2 aromatic rings. The number of nitrogens with zero attached hydrogens (tertiary/aromatic N) is 1. The Kier molecular flexibility index (Phi) is 6.20. The third kappa shape index (κ3) is 4.06. The Morgan fingerprint density at radius 1 is 1.42 bits per heavy atom. The summed E-state index contributed by atoms with van der Waals surface area (Å²) in [6.45, 7) is 1.92. The number of rotatable bonds is 8. The van der Waals surface area contributed by atoms with Crippen molar-refractivity contribution in [1.82, 2.24) is 0 Å². The summed E-state index contributed by atoms with van der Waals surface area (Å²) in [5.41, 5.74) is 3.75. The zero-order chi connectivity index (χ0) is 17.7. The molecule has 0 saturated heterocycles. The van der Waals surface area contributed by atoms with E-state index in [9.17, 15) is 8.42 Å². The van der Waals surface area contributed by atoms with Crippen LogP contribution in [0.2, 0.25) is 0 Å². The smallest absolute Gasteiger partial charge is 0.273 e. The average Bonchev–Trinajstić information content (AvgIpc) is 3.09. The van der Waals surface area contributed by atoms with Crippen molar-refractivity contribution in [3.05, 3.63) is 41.3 Å². The quantitative estimate of drug-likeness (QED) is 0.706. The van der Waals surface area contributed by atoms with Gasteiger partial charge >= 0.3 is 0 Å². The molecule has 0 aliphatic rings. The summed E-state index contributed by atoms with van der Waals surface area (Å²) in [6, 6.07) is 8.85. The van der Waals surface area contributed by atoms with Gasteiger partial charge in [-0.05, 0) is 54.4 Å². The molecule has 0 radical (unpaired) electrons. The van der Waals surface area contributed by atoms with Crippen molar-refractivity contribution in [2.75, 3.05) is 23.7 Å². The van der Waals surface area contributed by atoms with E-state index in [0.29, 0.717) is 16.3 Å². The van der Waals surface area contributed by atoms with Crippen LogP contribution in [0.4, 0.5) is 11.4 Å². The van der Waals surface area contributed by atoms with Crippen molar-refractivity contribution in [3.63, 3.8) is 0 Å². The van der Waals surface area contributed by atoms with Gasteiger partial charge in [-0.3, -0.25) is 4.31 Å². The van der Waals surface area contributed by atoms with E-state index in [1.54, 1.807) is 30.6 Å². The van der Waals surface area contributed by atoms with Crippen LogP contribution in [0.1, 0.15) is 12.5 Å². The van der Waals surface area contributed by atoms with Crippen LogP contribution >= 0.6 is 23.6 Å². The molecule has 5 nitrogen and oxygen atoms in total. The minimum absolute atomic E-state index is 0.0935. The first-order valence-corrected chi connectivity index (χ1v) is 10.1. The van der Waals surface area contributed by atoms with E-state index in [2.05, 4.69) is 5.32 Å². The first kappa shape index (κ1) is 18.7. The van der Waals surface area contributed by atoms with Gasteiger partial charge in [0.05, 0.1) is 5.69 Å². The Morgan fingerprint density at radius 3 is 2.75 bits per heavy atom. The van der Waals surface area contributed by atoms with Gasteiger partial charge in [0.1, 0.15) is 15.9 Å². The Morgan fingerprint density at radius 2 is 2.17 bits per heavy atom. The SMILES string of the molecule is CNc1ccc(N(C)S(=O)(=O)c2cccs2)cc1CC(C)OC=S. The zero-order valence-electron chi connectivity index (χ0n) is 13.7. The van der Waals surface area contributed by atoms with E-state index in [1.165, 1.54) is 21.2 Å². The summed E-state index contributed by atoms with van der Waals surface area (Å²) in [5, 5.41) is 4.87. The van der Waals surface area contributed by atoms with Crippen molar-refractivity contribution >= 4 is 50.5 Å². The van der Waals surface area contributed by atoms with Gasteiger partial charge in [0.25, 0.3) is 10.0 Å². The van der Waals surface area contributed by atoms with Crippen LogP contribution in [0.5, 0.6) is 0 Å². The Balaban J connectivity index is 2.35. The predicted octanol–water partition coefficient (Wildman–Crippen LogP) is 3.52. The van der Waals surface area contributed by atoms with Gasteiger partial charge < -0.3 is 10.1 Å². The number of anilines is 2. The second-order valence-electron chi connectivity index (χ2n) is 5.24. The van der Waals surface area contributed by atoms with Crippen molar-refractivity contribution in [2.45, 2.75) is 23.7 Å². The zero-order valence-corrected chi connectivity index (χ0v) is 16.2. The summed E-state index contributed by atoms with van der Waals surface area (Å²) < 4.78 is 32.2. The standard InChI is InChI=1S/C16H20N2O3S3/c1-12(21-11-22)9-13-10-14(6-7-15(13)17-2)18(3)24(19,20)16-5-4-8-23-16/h4-8,10-12,17H,9H2,1-3H3. The van der Waals surface area contributed by atoms with Crippen LogP contribution in [0.3, 0.4) is 0 Å². The number of hydrogen-bond donors (Lipinski definition) is 1. The molecule has 0 bridgehead atoms. The molecule has 2 rings (SSSR count). The third-order valence-electron chi connectivity index (χ3n) is 3.63. The van der Waals surface area contributed by atoms with Crippen molar-refractivity contribution in [3.8, 4) is 0 Å². The number of benzene rings is 1. The summed E-state index contributed by atoms with van der Waals surface area (Å²) >= 11 is 5.92. The molecular formula is C16H20N2O3S3. The van der Waals surface area contributed by atoms with Crippen LogP contribution in [0.25, 0.3) is 0 Å². The monoisotopic (exact) mass is 384 g/mol. The molecule has 0 saturated carbocycles. The highest BCUT2D eigenvalue weighted by atomic mass is 32.2. The molecule has 0 aliphatic heterocycles.